The Kier molecular flexibility index (Phi) is 6.09. The molecule has 0 saturated heterocycles. The van der Waals surface area contributed by atoms with E-state index in [-0.39, 0.29) is 29.0 Å². The number of carbonyl (C=O) groups is 2. The van der Waals surface area contributed by atoms with E-state index in [9.17, 15) is 27.2 Å². The van der Waals surface area contributed by atoms with Crippen molar-refractivity contribution in [2.24, 2.45) is 0 Å². The Labute approximate surface area is 174 Å². The van der Waals surface area contributed by atoms with Crippen molar-refractivity contribution in [3.8, 4) is 0 Å². The molecule has 0 fully saturated rings. The topological polar surface area (TPSA) is 93.5 Å². The van der Waals surface area contributed by atoms with Crippen LogP contribution in [0.1, 0.15) is 27.9 Å². The molecule has 3 rings (SSSR count). The zero-order valence-corrected chi connectivity index (χ0v) is 16.0. The molecule has 1 aliphatic heterocycles. The van der Waals surface area contributed by atoms with Crippen LogP contribution in [0.5, 0.6) is 0 Å². The Morgan fingerprint density at radius 3 is 2.42 bits per heavy atom. The normalized spacial score (nSPS) is 14.3. The lowest BCUT2D eigenvalue weighted by Gasteiger charge is -2.27. The Bertz CT molecular complexity index is 1060. The van der Waals surface area contributed by atoms with Crippen LogP contribution in [0.4, 0.5) is 23.2 Å². The molecular formula is C21H17F4N3O3. The summed E-state index contributed by atoms with van der Waals surface area (Å²) in [6, 6.07) is 8.30. The Morgan fingerprint density at radius 2 is 1.81 bits per heavy atom. The number of rotatable bonds is 5. The van der Waals surface area contributed by atoms with Gasteiger partial charge in [-0.1, -0.05) is 12.1 Å². The second kappa shape index (κ2) is 8.58. The zero-order valence-electron chi connectivity index (χ0n) is 16.0. The summed E-state index contributed by atoms with van der Waals surface area (Å²) in [6.07, 6.45) is -3.24. The van der Waals surface area contributed by atoms with Crippen LogP contribution in [0.3, 0.4) is 0 Å². The number of anilines is 1. The number of carbonyl (C=O) groups excluding carboxylic acids is 1. The highest BCUT2D eigenvalue weighted by molar-refractivity contribution is 6.24. The molecule has 31 heavy (non-hydrogen) atoms. The smallest absolute Gasteiger partial charge is 0.419 e. The number of amides is 1. The van der Waals surface area contributed by atoms with Gasteiger partial charge in [0.25, 0.3) is 5.91 Å². The fourth-order valence-electron chi connectivity index (χ4n) is 3.04. The first-order chi connectivity index (χ1) is 14.5. The SMILES string of the molecule is N=C1CCN(Cc2ccc(C(=O)O)cc2)C=C1C(=O)Nc1ccc(F)c(C(F)(F)F)c1. The van der Waals surface area contributed by atoms with Crippen molar-refractivity contribution in [3.05, 3.63) is 76.7 Å². The van der Waals surface area contributed by atoms with Gasteiger partial charge in [-0.25, -0.2) is 9.18 Å². The largest absolute Gasteiger partial charge is 0.478 e. The maximum atomic E-state index is 13.4. The first-order valence-electron chi connectivity index (χ1n) is 9.08. The lowest BCUT2D eigenvalue weighted by atomic mass is 10.0. The van der Waals surface area contributed by atoms with Crippen LogP contribution >= 0.6 is 0 Å². The maximum Gasteiger partial charge on any atom is 0.419 e. The van der Waals surface area contributed by atoms with Crippen molar-refractivity contribution in [2.75, 3.05) is 11.9 Å². The summed E-state index contributed by atoms with van der Waals surface area (Å²) in [4.78, 5) is 25.2. The van der Waals surface area contributed by atoms with E-state index < -0.39 is 29.4 Å². The van der Waals surface area contributed by atoms with Gasteiger partial charge in [-0.15, -0.1) is 0 Å². The zero-order chi connectivity index (χ0) is 22.8. The summed E-state index contributed by atoms with van der Waals surface area (Å²) in [5, 5.41) is 19.2. The molecule has 0 atom stereocenters. The Hall–Kier alpha value is -3.69. The minimum absolute atomic E-state index is 0.0214. The molecule has 0 aliphatic carbocycles. The lowest BCUT2D eigenvalue weighted by Crippen LogP contribution is -2.32. The van der Waals surface area contributed by atoms with Crippen LogP contribution in [0, 0.1) is 11.2 Å². The van der Waals surface area contributed by atoms with Crippen molar-refractivity contribution in [3.63, 3.8) is 0 Å². The van der Waals surface area contributed by atoms with Crippen molar-refractivity contribution < 1.29 is 32.3 Å². The van der Waals surface area contributed by atoms with Crippen molar-refractivity contribution >= 4 is 23.3 Å². The van der Waals surface area contributed by atoms with E-state index in [4.69, 9.17) is 10.5 Å². The van der Waals surface area contributed by atoms with Crippen molar-refractivity contribution in [2.45, 2.75) is 19.1 Å². The molecule has 1 heterocycles. The second-order valence-electron chi connectivity index (χ2n) is 6.89. The molecule has 6 nitrogen and oxygen atoms in total. The second-order valence-corrected chi connectivity index (χ2v) is 6.89. The minimum Gasteiger partial charge on any atom is -0.478 e. The molecule has 10 heteroatoms. The standard InChI is InChI=1S/C21H17F4N3O3/c22-17-6-5-14(9-16(17)21(23,24)25)27-19(29)15-11-28(8-7-18(15)26)10-12-1-3-13(4-2-12)20(30)31/h1-6,9,11,26H,7-8,10H2,(H,27,29)(H,30,31). The molecule has 0 bridgehead atoms. The quantitative estimate of drug-likeness (QED) is 0.611. The number of benzene rings is 2. The van der Waals surface area contributed by atoms with Gasteiger partial charge in [0.15, 0.2) is 0 Å². The first kappa shape index (κ1) is 22.0. The van der Waals surface area contributed by atoms with Gasteiger partial charge in [0, 0.05) is 37.1 Å². The molecule has 0 spiro atoms. The van der Waals surface area contributed by atoms with E-state index in [1.54, 1.807) is 17.0 Å². The molecule has 2 aromatic rings. The van der Waals surface area contributed by atoms with Crippen LogP contribution in [-0.2, 0) is 17.5 Å². The summed E-state index contributed by atoms with van der Waals surface area (Å²) in [7, 11) is 0. The summed E-state index contributed by atoms with van der Waals surface area (Å²) in [5.74, 6) is -3.28. The van der Waals surface area contributed by atoms with Crippen LogP contribution in [-0.4, -0.2) is 34.1 Å². The van der Waals surface area contributed by atoms with Gasteiger partial charge in [-0.05, 0) is 35.9 Å². The fourth-order valence-corrected chi connectivity index (χ4v) is 3.04. The van der Waals surface area contributed by atoms with E-state index in [1.807, 2.05) is 0 Å². The van der Waals surface area contributed by atoms with E-state index >= 15 is 0 Å². The lowest BCUT2D eigenvalue weighted by molar-refractivity contribution is -0.140. The third-order valence-corrected chi connectivity index (χ3v) is 4.65. The molecule has 0 unspecified atom stereocenters. The van der Waals surface area contributed by atoms with Gasteiger partial charge >= 0.3 is 12.1 Å². The first-order valence-corrected chi connectivity index (χ1v) is 9.08. The summed E-state index contributed by atoms with van der Waals surface area (Å²) >= 11 is 0. The number of hydrogen-bond donors (Lipinski definition) is 3. The summed E-state index contributed by atoms with van der Waals surface area (Å²) < 4.78 is 52.0. The summed E-state index contributed by atoms with van der Waals surface area (Å²) in [5.41, 5.74) is -0.822. The number of aromatic carboxylic acids is 1. The highest BCUT2D eigenvalue weighted by Crippen LogP contribution is 2.33. The third-order valence-electron chi connectivity index (χ3n) is 4.65. The van der Waals surface area contributed by atoms with Crippen LogP contribution in [0.2, 0.25) is 0 Å². The Balaban J connectivity index is 1.76. The Morgan fingerprint density at radius 1 is 1.13 bits per heavy atom. The maximum absolute atomic E-state index is 13.4. The highest BCUT2D eigenvalue weighted by Gasteiger charge is 2.34. The van der Waals surface area contributed by atoms with Gasteiger partial charge in [-0.2, -0.15) is 13.2 Å². The van der Waals surface area contributed by atoms with E-state index in [0.29, 0.717) is 25.2 Å². The molecule has 3 N–H and O–H groups in total. The highest BCUT2D eigenvalue weighted by atomic mass is 19.4. The van der Waals surface area contributed by atoms with E-state index in [2.05, 4.69) is 5.32 Å². The average molecular weight is 435 g/mol. The monoisotopic (exact) mass is 435 g/mol. The number of alkyl halides is 3. The van der Waals surface area contributed by atoms with Crippen LogP contribution in [0.25, 0.3) is 0 Å². The molecule has 2 aromatic carbocycles. The van der Waals surface area contributed by atoms with E-state index in [1.165, 1.54) is 18.3 Å². The number of hydrogen-bond acceptors (Lipinski definition) is 4. The fraction of sp³-hybridized carbons (Fsp3) is 0.190. The van der Waals surface area contributed by atoms with Gasteiger partial charge in [-0.3, -0.25) is 4.79 Å². The molecule has 1 amide bonds. The van der Waals surface area contributed by atoms with Gasteiger partial charge < -0.3 is 20.7 Å². The number of halogens is 4. The van der Waals surface area contributed by atoms with E-state index in [0.717, 1.165) is 11.6 Å². The molecule has 0 radical (unpaired) electrons. The third kappa shape index (κ3) is 5.27. The predicted octanol–water partition coefficient (Wildman–Crippen LogP) is 4.29. The minimum atomic E-state index is -4.91. The average Bonchev–Trinajstić information content (AvgIpc) is 2.70. The number of nitrogens with zero attached hydrogens (tertiary/aromatic N) is 1. The van der Waals surface area contributed by atoms with Crippen LogP contribution in [0.15, 0.2) is 54.2 Å². The van der Waals surface area contributed by atoms with Gasteiger partial charge in [0.2, 0.25) is 0 Å². The van der Waals surface area contributed by atoms with Crippen LogP contribution < -0.4 is 5.32 Å². The van der Waals surface area contributed by atoms with Crippen molar-refractivity contribution in [1.29, 1.82) is 5.41 Å². The number of carboxylic acids is 1. The number of carboxylic acid groups (broad SMARTS) is 1. The molecule has 162 valence electrons. The van der Waals surface area contributed by atoms with Gasteiger partial charge in [0.1, 0.15) is 5.82 Å². The molecular weight excluding hydrogens is 418 g/mol. The molecule has 1 aliphatic rings. The molecule has 0 saturated carbocycles. The summed E-state index contributed by atoms with van der Waals surface area (Å²) in [6.45, 7) is 0.782. The number of nitrogens with one attached hydrogen (secondary N) is 2. The molecule has 0 aromatic heterocycles. The predicted molar refractivity (Wildman–Crippen MR) is 104 cm³/mol. The van der Waals surface area contributed by atoms with Gasteiger partial charge in [0.05, 0.1) is 16.7 Å². The van der Waals surface area contributed by atoms with Crippen molar-refractivity contribution in [1.82, 2.24) is 4.90 Å².